The summed E-state index contributed by atoms with van der Waals surface area (Å²) >= 11 is 1.65. The molecule has 0 saturated heterocycles. The van der Waals surface area contributed by atoms with E-state index in [0.29, 0.717) is 5.82 Å². The maximum Gasteiger partial charge on any atom is 0.286 e. The fraction of sp³-hybridized carbons (Fsp3) is 0.200. The van der Waals surface area contributed by atoms with Crippen LogP contribution in [0.4, 0.5) is 10.6 Å². The van der Waals surface area contributed by atoms with Crippen LogP contribution < -0.4 is 5.32 Å². The van der Waals surface area contributed by atoms with Gasteiger partial charge in [-0.15, -0.1) is 0 Å². The van der Waals surface area contributed by atoms with Crippen LogP contribution in [-0.4, -0.2) is 14.1 Å². The van der Waals surface area contributed by atoms with E-state index in [9.17, 15) is 4.79 Å². The minimum Gasteiger partial charge on any atom is -0.300 e. The number of H-pyrrole nitrogens is 1. The number of amides is 1. The van der Waals surface area contributed by atoms with Crippen molar-refractivity contribution >= 4 is 32.3 Å². The van der Waals surface area contributed by atoms with Crippen molar-refractivity contribution in [2.75, 3.05) is 5.32 Å². The summed E-state index contributed by atoms with van der Waals surface area (Å²) in [5.74, 6) is 0.567. The van der Waals surface area contributed by atoms with Gasteiger partial charge in [0.1, 0.15) is 0 Å². The Morgan fingerprint density at radius 1 is 1.90 bits per heavy atom. The van der Waals surface area contributed by atoms with Gasteiger partial charge in [-0.25, -0.2) is 0 Å². The summed E-state index contributed by atoms with van der Waals surface area (Å²) in [5, 5.41) is 9.03. The minimum atomic E-state index is -0.135. The first-order chi connectivity index (χ1) is 4.68. The number of nitrogens with zero attached hydrogens (tertiary/aromatic N) is 1. The van der Waals surface area contributed by atoms with Crippen LogP contribution in [0.5, 0.6) is 0 Å². The Morgan fingerprint density at radius 3 is 3.00 bits per heavy atom. The third kappa shape index (κ3) is 1.98. The number of aromatic amines is 1. The second-order valence-electron chi connectivity index (χ2n) is 1.83. The quantitative estimate of drug-likeness (QED) is 0.453. The largest absolute Gasteiger partial charge is 0.300 e. The maximum absolute atomic E-state index is 10.4. The Balaban J connectivity index is 2.67. The number of halogens is 1. The molecule has 4 nitrogen and oxygen atoms in total. The molecule has 0 aliphatic carbocycles. The van der Waals surface area contributed by atoms with E-state index < -0.39 is 0 Å². The lowest BCUT2D eigenvalue weighted by atomic mass is 10.5. The third-order valence-electron chi connectivity index (χ3n) is 0.932. The highest BCUT2D eigenvalue weighted by Crippen LogP contribution is 2.04. The molecule has 0 unspecified atom stereocenters. The van der Waals surface area contributed by atoms with Gasteiger partial charge in [0.15, 0.2) is 5.82 Å². The van der Waals surface area contributed by atoms with Gasteiger partial charge in [-0.1, -0.05) is 0 Å². The monoisotopic (exact) mass is 251 g/mol. The molecule has 0 bridgehead atoms. The Morgan fingerprint density at radius 2 is 2.60 bits per heavy atom. The van der Waals surface area contributed by atoms with Crippen molar-refractivity contribution in [3.05, 3.63) is 11.8 Å². The van der Waals surface area contributed by atoms with Gasteiger partial charge in [-0.3, -0.25) is 9.89 Å². The fourth-order valence-electron chi connectivity index (χ4n) is 0.583. The summed E-state index contributed by atoms with van der Waals surface area (Å²) in [4.78, 5) is 10.4. The number of carbonyl (C=O) groups is 1. The van der Waals surface area contributed by atoms with E-state index in [0.717, 1.165) is 5.69 Å². The molecule has 1 aromatic heterocycles. The molecule has 0 aromatic carbocycles. The van der Waals surface area contributed by atoms with Crippen molar-refractivity contribution in [2.45, 2.75) is 6.92 Å². The van der Waals surface area contributed by atoms with Gasteiger partial charge in [0.2, 0.25) is 0 Å². The molecular formula is C5H6IN3O. The number of hydrogen-bond donors (Lipinski definition) is 2. The number of hydrogen-bond acceptors (Lipinski definition) is 2. The Labute approximate surface area is 71.5 Å². The van der Waals surface area contributed by atoms with Crippen LogP contribution in [0.15, 0.2) is 6.07 Å². The molecule has 5 heteroatoms. The normalized spacial score (nSPS) is 9.40. The van der Waals surface area contributed by atoms with Crippen LogP contribution in [0.1, 0.15) is 5.69 Å². The number of aryl methyl sites for hydroxylation is 1. The van der Waals surface area contributed by atoms with Gasteiger partial charge in [0.05, 0.1) is 0 Å². The smallest absolute Gasteiger partial charge is 0.286 e. The average molecular weight is 251 g/mol. The van der Waals surface area contributed by atoms with Crippen molar-refractivity contribution in [1.29, 1.82) is 0 Å². The third-order valence-corrected chi connectivity index (χ3v) is 1.20. The number of carbonyl (C=O) groups excluding carboxylic acids is 1. The number of anilines is 1. The average Bonchev–Trinajstić information content (AvgIpc) is 2.13. The molecule has 0 fully saturated rings. The van der Waals surface area contributed by atoms with Crippen molar-refractivity contribution in [1.82, 2.24) is 10.2 Å². The molecule has 1 heterocycles. The lowest BCUT2D eigenvalue weighted by molar-refractivity contribution is 0.271. The first-order valence-electron chi connectivity index (χ1n) is 2.67. The van der Waals surface area contributed by atoms with Gasteiger partial charge in [-0.2, -0.15) is 5.10 Å². The second-order valence-corrected chi connectivity index (χ2v) is 2.81. The van der Waals surface area contributed by atoms with E-state index >= 15 is 0 Å². The van der Waals surface area contributed by atoms with Crippen molar-refractivity contribution < 1.29 is 4.79 Å². The SMILES string of the molecule is Cc1cc(NC(=O)I)n[nH]1. The molecule has 0 saturated carbocycles. The highest BCUT2D eigenvalue weighted by Gasteiger charge is 1.98. The summed E-state index contributed by atoms with van der Waals surface area (Å²) in [5.41, 5.74) is 0.931. The lowest BCUT2D eigenvalue weighted by Crippen LogP contribution is -1.99. The standard InChI is InChI=1S/C5H6IN3O/c1-3-2-4(9-8-3)7-5(6)10/h2H,1H3,(H2,7,8,9,10). The second kappa shape index (κ2) is 3.00. The highest BCUT2D eigenvalue weighted by atomic mass is 127. The predicted octanol–water partition coefficient (Wildman–Crippen LogP) is 1.69. The first-order valence-corrected chi connectivity index (χ1v) is 3.75. The van der Waals surface area contributed by atoms with E-state index in [1.54, 1.807) is 28.7 Å². The van der Waals surface area contributed by atoms with Crippen molar-refractivity contribution in [3.63, 3.8) is 0 Å². The predicted molar refractivity (Wildman–Crippen MR) is 46.4 cm³/mol. The van der Waals surface area contributed by atoms with Crippen LogP contribution >= 0.6 is 22.6 Å². The first kappa shape index (κ1) is 7.52. The number of rotatable bonds is 1. The van der Waals surface area contributed by atoms with Crippen LogP contribution in [0.25, 0.3) is 0 Å². The Bertz CT molecular complexity index is 245. The van der Waals surface area contributed by atoms with Crippen LogP contribution in [-0.2, 0) is 0 Å². The zero-order valence-corrected chi connectivity index (χ0v) is 7.47. The molecule has 10 heavy (non-hydrogen) atoms. The lowest BCUT2D eigenvalue weighted by Gasteiger charge is -1.89. The molecule has 0 spiro atoms. The highest BCUT2D eigenvalue weighted by molar-refractivity contribution is 14.1. The molecule has 1 aromatic rings. The molecular weight excluding hydrogens is 245 g/mol. The van der Waals surface area contributed by atoms with Gasteiger partial charge in [0.25, 0.3) is 3.91 Å². The zero-order chi connectivity index (χ0) is 7.56. The van der Waals surface area contributed by atoms with Gasteiger partial charge in [-0.05, 0) is 6.92 Å². The van der Waals surface area contributed by atoms with Crippen LogP contribution in [0, 0.1) is 6.92 Å². The molecule has 54 valence electrons. The number of nitrogens with one attached hydrogen (secondary N) is 2. The summed E-state index contributed by atoms with van der Waals surface area (Å²) in [6.45, 7) is 1.87. The van der Waals surface area contributed by atoms with Gasteiger partial charge >= 0.3 is 0 Å². The number of aromatic nitrogens is 2. The van der Waals surface area contributed by atoms with Crippen LogP contribution in [0.2, 0.25) is 0 Å². The topological polar surface area (TPSA) is 57.8 Å². The molecule has 0 atom stereocenters. The maximum atomic E-state index is 10.4. The zero-order valence-electron chi connectivity index (χ0n) is 5.31. The summed E-state index contributed by atoms with van der Waals surface area (Å²) < 4.78 is -0.135. The Kier molecular flexibility index (Phi) is 2.25. The van der Waals surface area contributed by atoms with Gasteiger partial charge < -0.3 is 5.32 Å². The Hall–Kier alpha value is -0.590. The molecule has 0 aliphatic rings. The molecule has 2 N–H and O–H groups in total. The van der Waals surface area contributed by atoms with E-state index in [1.807, 2.05) is 6.92 Å². The summed E-state index contributed by atoms with van der Waals surface area (Å²) in [6, 6.07) is 1.76. The van der Waals surface area contributed by atoms with Crippen molar-refractivity contribution in [2.24, 2.45) is 0 Å². The molecule has 1 rings (SSSR count). The molecule has 0 radical (unpaired) electrons. The van der Waals surface area contributed by atoms with E-state index in [1.165, 1.54) is 0 Å². The summed E-state index contributed by atoms with van der Waals surface area (Å²) in [6.07, 6.45) is 0. The van der Waals surface area contributed by atoms with E-state index in [-0.39, 0.29) is 3.91 Å². The fourth-order valence-corrected chi connectivity index (χ4v) is 0.859. The van der Waals surface area contributed by atoms with Crippen LogP contribution in [0.3, 0.4) is 0 Å². The van der Waals surface area contributed by atoms with E-state index in [2.05, 4.69) is 15.5 Å². The minimum absolute atomic E-state index is 0.135. The van der Waals surface area contributed by atoms with Crippen molar-refractivity contribution in [3.8, 4) is 0 Å². The molecule has 0 aliphatic heterocycles. The molecule has 1 amide bonds. The summed E-state index contributed by atoms with van der Waals surface area (Å²) in [7, 11) is 0. The van der Waals surface area contributed by atoms with E-state index in [4.69, 9.17) is 0 Å². The van der Waals surface area contributed by atoms with Gasteiger partial charge in [0, 0.05) is 34.4 Å².